The predicted octanol–water partition coefficient (Wildman–Crippen LogP) is 3.02. The fraction of sp³-hybridized carbons (Fsp3) is 0.556. The van der Waals surface area contributed by atoms with Crippen molar-refractivity contribution in [3.05, 3.63) is 23.5 Å². The molecule has 0 amide bonds. The van der Waals surface area contributed by atoms with Crippen molar-refractivity contribution in [3.8, 4) is 0 Å². The summed E-state index contributed by atoms with van der Waals surface area (Å²) in [6, 6.07) is 1.96. The smallest absolute Gasteiger partial charge is 0.421 e. The fourth-order valence-electron chi connectivity index (χ4n) is 3.87. The van der Waals surface area contributed by atoms with Crippen LogP contribution in [0.2, 0.25) is 0 Å². The molecule has 5 rings (SSSR count). The predicted molar refractivity (Wildman–Crippen MR) is 95.7 cm³/mol. The third-order valence-electron chi connectivity index (χ3n) is 5.65. The molecule has 0 bridgehead atoms. The summed E-state index contributed by atoms with van der Waals surface area (Å²) in [6.07, 6.45) is -1.17. The summed E-state index contributed by atoms with van der Waals surface area (Å²) < 4.78 is 46.4. The van der Waals surface area contributed by atoms with Gasteiger partial charge in [0, 0.05) is 24.7 Å². The van der Waals surface area contributed by atoms with Crippen LogP contribution in [-0.4, -0.2) is 38.9 Å². The topological polar surface area (TPSA) is 94.0 Å². The number of aromatic nitrogens is 4. The minimum absolute atomic E-state index is 0.0288. The normalized spacial score (nSPS) is 25.5. The number of cyclic esters (lactones) is 1. The van der Waals surface area contributed by atoms with Gasteiger partial charge in [0.15, 0.2) is 0 Å². The van der Waals surface area contributed by atoms with Crippen molar-refractivity contribution < 1.29 is 22.7 Å². The molecule has 29 heavy (non-hydrogen) atoms. The molecular formula is C18H19F3N6O2. The van der Waals surface area contributed by atoms with E-state index in [1.54, 1.807) is 17.7 Å². The largest absolute Gasteiger partial charge is 0.465 e. The number of carbonyl (C=O) groups excluding carboxylic acids is 1. The van der Waals surface area contributed by atoms with E-state index in [4.69, 9.17) is 4.74 Å². The maximum Gasteiger partial charge on any atom is 0.421 e. The van der Waals surface area contributed by atoms with Crippen LogP contribution in [0.5, 0.6) is 0 Å². The molecule has 2 N–H and O–H groups in total. The molecule has 11 heteroatoms. The Bertz CT molecular complexity index is 986. The highest BCUT2D eigenvalue weighted by Gasteiger charge is 2.68. The van der Waals surface area contributed by atoms with E-state index in [0.29, 0.717) is 24.5 Å². The van der Waals surface area contributed by atoms with Gasteiger partial charge in [0.25, 0.3) is 0 Å². The molecule has 3 aliphatic rings. The maximum atomic E-state index is 13.2. The van der Waals surface area contributed by atoms with Crippen molar-refractivity contribution in [2.24, 2.45) is 5.92 Å². The van der Waals surface area contributed by atoms with Gasteiger partial charge >= 0.3 is 12.1 Å². The number of halogens is 3. The van der Waals surface area contributed by atoms with E-state index < -0.39 is 17.2 Å². The number of hydrogen-bond acceptors (Lipinski definition) is 7. The zero-order valence-corrected chi connectivity index (χ0v) is 15.6. The lowest BCUT2D eigenvalue weighted by molar-refractivity contribution is -0.142. The molecule has 0 aromatic carbocycles. The van der Waals surface area contributed by atoms with Crippen LogP contribution in [-0.2, 0) is 21.1 Å². The van der Waals surface area contributed by atoms with Crippen LogP contribution < -0.4 is 10.6 Å². The number of esters is 1. The van der Waals surface area contributed by atoms with Gasteiger partial charge in [-0.3, -0.25) is 4.79 Å². The molecule has 2 aliphatic carbocycles. The van der Waals surface area contributed by atoms with Crippen LogP contribution in [0, 0.1) is 5.92 Å². The Morgan fingerprint density at radius 3 is 2.76 bits per heavy atom. The van der Waals surface area contributed by atoms with E-state index in [0.717, 1.165) is 19.0 Å². The zero-order valence-electron chi connectivity index (χ0n) is 15.6. The number of alkyl halides is 3. The van der Waals surface area contributed by atoms with Gasteiger partial charge in [-0.1, -0.05) is 0 Å². The summed E-state index contributed by atoms with van der Waals surface area (Å²) in [5.41, 5.74) is -0.958. The van der Waals surface area contributed by atoms with Crippen LogP contribution in [0.1, 0.15) is 43.5 Å². The molecule has 3 fully saturated rings. The van der Waals surface area contributed by atoms with Crippen LogP contribution in [0.25, 0.3) is 0 Å². The third kappa shape index (κ3) is 2.90. The quantitative estimate of drug-likeness (QED) is 0.710. The fourth-order valence-corrected chi connectivity index (χ4v) is 3.87. The van der Waals surface area contributed by atoms with Crippen molar-refractivity contribution in [1.29, 1.82) is 0 Å². The summed E-state index contributed by atoms with van der Waals surface area (Å²) in [5, 5.41) is 10.2. The Kier molecular flexibility index (Phi) is 3.81. The molecule has 2 unspecified atom stereocenters. The molecule has 1 aliphatic heterocycles. The van der Waals surface area contributed by atoms with E-state index >= 15 is 0 Å². The Balaban J connectivity index is 1.48. The summed E-state index contributed by atoms with van der Waals surface area (Å²) in [4.78, 5) is 20.1. The van der Waals surface area contributed by atoms with E-state index in [1.807, 2.05) is 0 Å². The third-order valence-corrected chi connectivity index (χ3v) is 5.65. The number of fused-ring (bicyclic) bond motifs is 1. The summed E-state index contributed by atoms with van der Waals surface area (Å²) in [7, 11) is 0. The molecule has 2 atom stereocenters. The van der Waals surface area contributed by atoms with Gasteiger partial charge < -0.3 is 15.4 Å². The second-order valence-electron chi connectivity index (χ2n) is 7.67. The first-order valence-corrected chi connectivity index (χ1v) is 9.55. The highest BCUT2D eigenvalue weighted by molar-refractivity contribution is 5.89. The Hall–Kier alpha value is -2.85. The van der Waals surface area contributed by atoms with Gasteiger partial charge in [-0.15, -0.1) is 0 Å². The lowest BCUT2D eigenvalue weighted by Gasteiger charge is -2.14. The molecule has 2 aromatic rings. The molecule has 0 radical (unpaired) electrons. The first-order valence-electron chi connectivity index (χ1n) is 9.55. The highest BCUT2D eigenvalue weighted by atomic mass is 19.4. The van der Waals surface area contributed by atoms with Gasteiger partial charge in [-0.25, -0.2) is 9.67 Å². The maximum absolute atomic E-state index is 13.2. The zero-order chi connectivity index (χ0) is 20.4. The average Bonchev–Trinajstić information content (AvgIpc) is 3.56. The molecule has 1 saturated heterocycles. The van der Waals surface area contributed by atoms with E-state index in [1.165, 1.54) is 0 Å². The molecule has 2 aromatic heterocycles. The van der Waals surface area contributed by atoms with E-state index in [-0.39, 0.29) is 36.2 Å². The number of carbonyl (C=O) groups is 1. The minimum atomic E-state index is -4.55. The lowest BCUT2D eigenvalue weighted by Crippen LogP contribution is -2.19. The molecule has 154 valence electrons. The highest BCUT2D eigenvalue weighted by Crippen LogP contribution is 2.59. The van der Waals surface area contributed by atoms with Gasteiger partial charge in [0.1, 0.15) is 22.6 Å². The summed E-state index contributed by atoms with van der Waals surface area (Å²) >= 11 is 0. The Morgan fingerprint density at radius 2 is 2.17 bits per heavy atom. The Labute approximate surface area is 163 Å². The SMILES string of the molecule is CCNc1nc(Nc2cc(C34CC3COC4=O)nn2C2CC2)ncc1C(F)(F)F. The van der Waals surface area contributed by atoms with Crippen LogP contribution >= 0.6 is 0 Å². The van der Waals surface area contributed by atoms with Crippen molar-refractivity contribution in [1.82, 2.24) is 19.7 Å². The van der Waals surface area contributed by atoms with Crippen molar-refractivity contribution in [2.75, 3.05) is 23.8 Å². The van der Waals surface area contributed by atoms with Crippen LogP contribution in [0.15, 0.2) is 12.3 Å². The lowest BCUT2D eigenvalue weighted by atomic mass is 10.0. The summed E-state index contributed by atoms with van der Waals surface area (Å²) in [5.74, 6) is 0.198. The van der Waals surface area contributed by atoms with Crippen molar-refractivity contribution >= 4 is 23.6 Å². The van der Waals surface area contributed by atoms with E-state index in [2.05, 4.69) is 25.7 Å². The Morgan fingerprint density at radius 1 is 1.38 bits per heavy atom. The standard InChI is InChI=1S/C18H19F3N6O2/c1-2-22-14-11(18(19,20)21)7-23-16(25-14)24-13-5-12(26-27(13)10-3-4-10)17-6-9(17)8-29-15(17)28/h5,7,9-10H,2-4,6,8H2,1H3,(H2,22,23,24,25). The van der Waals surface area contributed by atoms with Crippen LogP contribution in [0.4, 0.5) is 30.8 Å². The second kappa shape index (κ2) is 6.07. The molecule has 2 saturated carbocycles. The van der Waals surface area contributed by atoms with Gasteiger partial charge in [0.05, 0.1) is 18.3 Å². The van der Waals surface area contributed by atoms with Gasteiger partial charge in [-0.2, -0.15) is 23.3 Å². The second-order valence-corrected chi connectivity index (χ2v) is 7.67. The molecular weight excluding hydrogens is 389 g/mol. The number of anilines is 3. The van der Waals surface area contributed by atoms with Gasteiger partial charge in [0.2, 0.25) is 5.95 Å². The monoisotopic (exact) mass is 408 g/mol. The summed E-state index contributed by atoms with van der Waals surface area (Å²) in [6.45, 7) is 2.39. The number of rotatable bonds is 6. The molecule has 8 nitrogen and oxygen atoms in total. The minimum Gasteiger partial charge on any atom is -0.465 e. The number of nitrogens with zero attached hydrogens (tertiary/aromatic N) is 4. The van der Waals surface area contributed by atoms with Crippen LogP contribution in [0.3, 0.4) is 0 Å². The number of ether oxygens (including phenoxy) is 1. The number of hydrogen-bond donors (Lipinski definition) is 2. The first kappa shape index (κ1) is 18.2. The number of nitrogens with one attached hydrogen (secondary N) is 2. The molecule has 0 spiro atoms. The first-order chi connectivity index (χ1) is 13.8. The van der Waals surface area contributed by atoms with E-state index in [9.17, 15) is 18.0 Å². The van der Waals surface area contributed by atoms with Gasteiger partial charge in [-0.05, 0) is 26.2 Å². The van der Waals surface area contributed by atoms with Crippen molar-refractivity contribution in [2.45, 2.75) is 43.8 Å². The molecule has 3 heterocycles. The average molecular weight is 408 g/mol. The van der Waals surface area contributed by atoms with Crippen molar-refractivity contribution in [3.63, 3.8) is 0 Å².